The predicted molar refractivity (Wildman–Crippen MR) is 81.2 cm³/mol. The molecule has 2 heterocycles. The molecule has 7 heteroatoms. The van der Waals surface area contributed by atoms with Crippen LogP contribution in [0.15, 0.2) is 18.3 Å². The van der Waals surface area contributed by atoms with E-state index in [1.54, 1.807) is 12.3 Å². The minimum atomic E-state index is -0.530. The molecule has 0 unspecified atom stereocenters. The molecule has 1 aliphatic rings. The molecule has 5 nitrogen and oxygen atoms in total. The van der Waals surface area contributed by atoms with Crippen molar-refractivity contribution in [2.45, 2.75) is 19.4 Å². The Bertz CT molecular complexity index is 712. The van der Waals surface area contributed by atoms with Gasteiger partial charge in [-0.3, -0.25) is 0 Å². The number of carbonyl (C=O) groups is 1. The van der Waals surface area contributed by atoms with E-state index in [1.807, 2.05) is 19.9 Å². The van der Waals surface area contributed by atoms with Crippen LogP contribution < -0.4 is 5.46 Å². The van der Waals surface area contributed by atoms with E-state index in [1.165, 1.54) is 7.11 Å². The molecule has 1 aromatic heterocycles. The highest BCUT2D eigenvalue weighted by molar-refractivity contribution is 6.66. The van der Waals surface area contributed by atoms with Crippen molar-refractivity contribution in [3.05, 3.63) is 28.9 Å². The molecule has 1 saturated heterocycles. The summed E-state index contributed by atoms with van der Waals surface area (Å²) in [5.74, 6) is -0.400. The Labute approximate surface area is 127 Å². The summed E-state index contributed by atoms with van der Waals surface area (Å²) in [5, 5.41) is 1.27. The predicted octanol–water partition coefficient (Wildman–Crippen LogP) is 2.13. The Morgan fingerprint density at radius 2 is 2.24 bits per heavy atom. The third-order valence-corrected chi connectivity index (χ3v) is 3.79. The van der Waals surface area contributed by atoms with Gasteiger partial charge in [-0.25, -0.2) is 4.79 Å². The lowest BCUT2D eigenvalue weighted by atomic mass is 9.78. The molecule has 1 fully saturated rings. The molecule has 0 atom stereocenters. The molecule has 0 radical (unpaired) electrons. The molecule has 110 valence electrons. The minimum absolute atomic E-state index is 0.355. The van der Waals surface area contributed by atoms with Crippen LogP contribution >= 0.6 is 11.6 Å². The van der Waals surface area contributed by atoms with Gasteiger partial charge in [-0.15, -0.1) is 0 Å². The molecule has 21 heavy (non-hydrogen) atoms. The number of halogens is 1. The van der Waals surface area contributed by atoms with E-state index in [4.69, 9.17) is 25.6 Å². The average molecular weight is 308 g/mol. The van der Waals surface area contributed by atoms with E-state index in [0.29, 0.717) is 22.7 Å². The second-order valence-corrected chi connectivity index (χ2v) is 6.04. The van der Waals surface area contributed by atoms with Crippen LogP contribution in [0.25, 0.3) is 10.9 Å². The van der Waals surface area contributed by atoms with Gasteiger partial charge in [0.25, 0.3) is 0 Å². The van der Waals surface area contributed by atoms with Gasteiger partial charge in [-0.1, -0.05) is 17.7 Å². The van der Waals surface area contributed by atoms with Crippen LogP contribution in [0.5, 0.6) is 0 Å². The lowest BCUT2D eigenvalue weighted by molar-refractivity contribution is 0.0603. The van der Waals surface area contributed by atoms with Crippen LogP contribution in [-0.4, -0.2) is 37.4 Å². The first-order valence-electron chi connectivity index (χ1n) is 6.59. The molecule has 0 bridgehead atoms. The van der Waals surface area contributed by atoms with Crippen LogP contribution in [0.3, 0.4) is 0 Å². The topological polar surface area (TPSA) is 60.6 Å². The molecule has 1 aliphatic heterocycles. The maximum absolute atomic E-state index is 11.8. The monoisotopic (exact) mass is 307 g/mol. The molecule has 2 aromatic rings. The highest BCUT2D eigenvalue weighted by Gasteiger charge is 2.39. The van der Waals surface area contributed by atoms with Gasteiger partial charge in [-0.2, -0.15) is 0 Å². The zero-order chi connectivity index (χ0) is 15.2. The highest BCUT2D eigenvalue weighted by atomic mass is 35.5. The summed E-state index contributed by atoms with van der Waals surface area (Å²) < 4.78 is 16.3. The number of nitrogens with one attached hydrogen (secondary N) is 1. The number of hydrogen-bond acceptors (Lipinski definition) is 4. The molecule has 0 amide bonds. The summed E-state index contributed by atoms with van der Waals surface area (Å²) >= 11 is 6.30. The van der Waals surface area contributed by atoms with E-state index in [9.17, 15) is 4.79 Å². The molecule has 0 saturated carbocycles. The number of H-pyrrole nitrogens is 1. The maximum atomic E-state index is 11.8. The summed E-state index contributed by atoms with van der Waals surface area (Å²) in [6.45, 7) is 4.40. The average Bonchev–Trinajstić information content (AvgIpc) is 2.99. The number of benzene rings is 1. The normalized spacial score (nSPS) is 17.4. The maximum Gasteiger partial charge on any atom is 0.495 e. The van der Waals surface area contributed by atoms with Gasteiger partial charge < -0.3 is 19.0 Å². The second kappa shape index (κ2) is 5.05. The first kappa shape index (κ1) is 14.4. The van der Waals surface area contributed by atoms with Crippen molar-refractivity contribution in [3.63, 3.8) is 0 Å². The fraction of sp³-hybridized carbons (Fsp3) is 0.357. The fourth-order valence-corrected chi connectivity index (χ4v) is 2.66. The molecule has 0 spiro atoms. The number of methoxy groups -OCH3 is 1. The van der Waals surface area contributed by atoms with Gasteiger partial charge in [0.15, 0.2) is 0 Å². The molecular weight excluding hydrogens is 292 g/mol. The zero-order valence-electron chi connectivity index (χ0n) is 12.0. The minimum Gasteiger partial charge on any atom is -0.465 e. The fourth-order valence-electron chi connectivity index (χ4n) is 2.41. The van der Waals surface area contributed by atoms with Gasteiger partial charge in [0.1, 0.15) is 0 Å². The summed E-state index contributed by atoms with van der Waals surface area (Å²) in [5.41, 5.74) is 1.58. The van der Waals surface area contributed by atoms with Gasteiger partial charge in [0, 0.05) is 27.6 Å². The Morgan fingerprint density at radius 1 is 1.48 bits per heavy atom. The van der Waals surface area contributed by atoms with E-state index < -0.39 is 13.1 Å². The summed E-state index contributed by atoms with van der Waals surface area (Å²) in [6, 6.07) is 3.57. The van der Waals surface area contributed by atoms with Gasteiger partial charge in [0.05, 0.1) is 24.9 Å². The van der Waals surface area contributed by atoms with Crippen molar-refractivity contribution in [1.82, 2.24) is 4.98 Å². The van der Waals surface area contributed by atoms with E-state index in [-0.39, 0.29) is 5.60 Å². The number of rotatable bonds is 2. The smallest absolute Gasteiger partial charge is 0.465 e. The van der Waals surface area contributed by atoms with Gasteiger partial charge in [0.2, 0.25) is 0 Å². The van der Waals surface area contributed by atoms with Gasteiger partial charge in [-0.05, 0) is 19.9 Å². The van der Waals surface area contributed by atoms with Crippen molar-refractivity contribution in [3.8, 4) is 0 Å². The summed E-state index contributed by atoms with van der Waals surface area (Å²) in [4.78, 5) is 14.8. The van der Waals surface area contributed by atoms with Crippen molar-refractivity contribution in [2.24, 2.45) is 0 Å². The zero-order valence-corrected chi connectivity index (χ0v) is 12.8. The van der Waals surface area contributed by atoms with E-state index >= 15 is 0 Å². The number of esters is 1. The number of hydrogen-bond donors (Lipinski definition) is 1. The summed E-state index contributed by atoms with van der Waals surface area (Å²) in [6.07, 6.45) is 1.61. The molecule has 0 aliphatic carbocycles. The Morgan fingerprint density at radius 3 is 2.86 bits per heavy atom. The van der Waals surface area contributed by atoms with Crippen LogP contribution in [0, 0.1) is 0 Å². The van der Waals surface area contributed by atoms with Gasteiger partial charge >= 0.3 is 13.1 Å². The molecular formula is C14H15BClNO4. The van der Waals surface area contributed by atoms with E-state index in [0.717, 1.165) is 10.9 Å². The van der Waals surface area contributed by atoms with Crippen LogP contribution in [0.4, 0.5) is 0 Å². The van der Waals surface area contributed by atoms with Crippen LogP contribution in [0.1, 0.15) is 24.2 Å². The SMILES string of the molecule is COC(=O)c1c[nH]c2cc(Cl)c(B3OCC(C)(C)O3)cc12. The number of ether oxygens (including phenoxy) is 1. The summed E-state index contributed by atoms with van der Waals surface area (Å²) in [7, 11) is 0.821. The standard InChI is InChI=1S/C14H15BClNO4/c1-14(2)7-20-15(21-14)10-4-8-9(13(18)19-3)6-17-12(8)5-11(10)16/h4-6,17H,7H2,1-3H3. The highest BCUT2D eigenvalue weighted by Crippen LogP contribution is 2.25. The third-order valence-electron chi connectivity index (χ3n) is 3.47. The lowest BCUT2D eigenvalue weighted by Gasteiger charge is -2.16. The Hall–Kier alpha value is -1.50. The Kier molecular flexibility index (Phi) is 3.47. The number of aromatic nitrogens is 1. The third kappa shape index (κ3) is 2.55. The molecule has 1 N–H and O–H groups in total. The van der Waals surface area contributed by atoms with Crippen molar-refractivity contribution >= 4 is 41.1 Å². The quantitative estimate of drug-likeness (QED) is 0.682. The Balaban J connectivity index is 2.07. The lowest BCUT2D eigenvalue weighted by Crippen LogP contribution is -2.35. The second-order valence-electron chi connectivity index (χ2n) is 5.63. The number of fused-ring (bicyclic) bond motifs is 1. The molecule has 1 aromatic carbocycles. The van der Waals surface area contributed by atoms with Crippen molar-refractivity contribution in [2.75, 3.05) is 13.7 Å². The number of aromatic amines is 1. The van der Waals surface area contributed by atoms with Crippen molar-refractivity contribution in [1.29, 1.82) is 0 Å². The largest absolute Gasteiger partial charge is 0.495 e. The molecule has 3 rings (SSSR count). The van der Waals surface area contributed by atoms with Crippen molar-refractivity contribution < 1.29 is 18.8 Å². The number of carbonyl (C=O) groups excluding carboxylic acids is 1. The van der Waals surface area contributed by atoms with Crippen LogP contribution in [-0.2, 0) is 14.0 Å². The van der Waals surface area contributed by atoms with Crippen LogP contribution in [0.2, 0.25) is 5.02 Å². The van der Waals surface area contributed by atoms with E-state index in [2.05, 4.69) is 4.98 Å². The first-order valence-corrected chi connectivity index (χ1v) is 6.97. The first-order chi connectivity index (χ1) is 9.91.